The second kappa shape index (κ2) is 8.05. The average molecular weight is 277 g/mol. The number of hydrogen-bond donors (Lipinski definition) is 0. The lowest BCUT2D eigenvalue weighted by atomic mass is 10.2. The second-order valence-corrected chi connectivity index (χ2v) is 4.12. The van der Waals surface area contributed by atoms with Crippen molar-refractivity contribution >= 4 is 5.97 Å². The van der Waals surface area contributed by atoms with Crippen LogP contribution in [-0.2, 0) is 9.53 Å². The van der Waals surface area contributed by atoms with Gasteiger partial charge in [0.15, 0.2) is 17.6 Å². The Bertz CT molecular complexity index is 493. The molecular weight excluding hydrogens is 258 g/mol. The Kier molecular flexibility index (Phi) is 6.38. The Morgan fingerprint density at radius 3 is 2.65 bits per heavy atom. The van der Waals surface area contributed by atoms with Crippen LogP contribution in [-0.4, -0.2) is 25.8 Å². The first-order chi connectivity index (χ1) is 9.65. The van der Waals surface area contributed by atoms with E-state index < -0.39 is 6.10 Å². The lowest BCUT2D eigenvalue weighted by Crippen LogP contribution is -2.29. The van der Waals surface area contributed by atoms with Gasteiger partial charge in [-0.25, -0.2) is 4.79 Å². The third kappa shape index (κ3) is 4.16. The molecule has 1 atom stereocenters. The van der Waals surface area contributed by atoms with Crippen LogP contribution < -0.4 is 9.47 Å². The van der Waals surface area contributed by atoms with Crippen LogP contribution in [0.25, 0.3) is 0 Å². The molecule has 0 heterocycles. The van der Waals surface area contributed by atoms with Crippen LogP contribution >= 0.6 is 0 Å². The van der Waals surface area contributed by atoms with Crippen molar-refractivity contribution in [3.8, 4) is 17.6 Å². The summed E-state index contributed by atoms with van der Waals surface area (Å²) in [4.78, 5) is 11.8. The lowest BCUT2D eigenvalue weighted by molar-refractivity contribution is -0.151. The molecule has 0 N–H and O–H groups in total. The van der Waals surface area contributed by atoms with E-state index in [-0.39, 0.29) is 5.97 Å². The van der Waals surface area contributed by atoms with Gasteiger partial charge in [-0.15, -0.1) is 0 Å². The highest BCUT2D eigenvalue weighted by molar-refractivity contribution is 5.75. The fourth-order valence-corrected chi connectivity index (χ4v) is 1.71. The van der Waals surface area contributed by atoms with Crippen molar-refractivity contribution in [3.63, 3.8) is 0 Å². The van der Waals surface area contributed by atoms with E-state index in [2.05, 4.69) is 0 Å². The molecule has 0 fully saturated rings. The molecule has 1 aromatic carbocycles. The quantitative estimate of drug-likeness (QED) is 0.717. The first kappa shape index (κ1) is 15.8. The molecule has 1 unspecified atom stereocenters. The maximum atomic E-state index is 11.8. The molecule has 5 heteroatoms. The molecule has 108 valence electrons. The summed E-state index contributed by atoms with van der Waals surface area (Å²) >= 11 is 0. The number of methoxy groups -OCH3 is 1. The second-order valence-electron chi connectivity index (χ2n) is 4.12. The third-order valence-electron chi connectivity index (χ3n) is 2.66. The Morgan fingerprint density at radius 2 is 2.10 bits per heavy atom. The first-order valence-electron chi connectivity index (χ1n) is 6.57. The van der Waals surface area contributed by atoms with Crippen molar-refractivity contribution in [1.82, 2.24) is 0 Å². The predicted molar refractivity (Wildman–Crippen MR) is 73.7 cm³/mol. The van der Waals surface area contributed by atoms with Gasteiger partial charge in [0.05, 0.1) is 25.3 Å². The highest BCUT2D eigenvalue weighted by atomic mass is 16.6. The summed E-state index contributed by atoms with van der Waals surface area (Å²) in [5.74, 6) is 0.466. The molecule has 0 aromatic heterocycles. The van der Waals surface area contributed by atoms with E-state index in [1.54, 1.807) is 25.1 Å². The molecule has 1 rings (SSSR count). The number of nitrogens with zero attached hydrogens (tertiary/aromatic N) is 1. The molecule has 0 radical (unpaired) electrons. The van der Waals surface area contributed by atoms with Gasteiger partial charge in [0.2, 0.25) is 0 Å². The van der Waals surface area contributed by atoms with E-state index in [1.165, 1.54) is 7.11 Å². The molecule has 0 aliphatic rings. The fourth-order valence-electron chi connectivity index (χ4n) is 1.71. The summed E-state index contributed by atoms with van der Waals surface area (Å²) in [7, 11) is 1.49. The Balaban J connectivity index is 2.93. The molecule has 0 saturated carbocycles. The van der Waals surface area contributed by atoms with Crippen molar-refractivity contribution < 1.29 is 19.0 Å². The van der Waals surface area contributed by atoms with Gasteiger partial charge in [-0.2, -0.15) is 5.26 Å². The van der Waals surface area contributed by atoms with Crippen molar-refractivity contribution in [1.29, 1.82) is 5.26 Å². The SMILES string of the molecule is CCCC(Oc1ccc(C#N)cc1OC)C(=O)OCC. The summed E-state index contributed by atoms with van der Waals surface area (Å²) in [6.07, 6.45) is 0.686. The number of hydrogen-bond acceptors (Lipinski definition) is 5. The van der Waals surface area contributed by atoms with Gasteiger partial charge >= 0.3 is 5.97 Å². The number of rotatable bonds is 7. The molecule has 0 amide bonds. The molecule has 0 saturated heterocycles. The zero-order valence-electron chi connectivity index (χ0n) is 12.0. The van der Waals surface area contributed by atoms with E-state index in [1.807, 2.05) is 13.0 Å². The summed E-state index contributed by atoms with van der Waals surface area (Å²) in [5, 5.41) is 8.85. The van der Waals surface area contributed by atoms with E-state index in [9.17, 15) is 4.79 Å². The Labute approximate surface area is 119 Å². The van der Waals surface area contributed by atoms with Gasteiger partial charge in [0.25, 0.3) is 0 Å². The summed E-state index contributed by atoms with van der Waals surface area (Å²) < 4.78 is 15.9. The minimum atomic E-state index is -0.665. The van der Waals surface area contributed by atoms with Gasteiger partial charge < -0.3 is 14.2 Å². The largest absolute Gasteiger partial charge is 0.493 e. The summed E-state index contributed by atoms with van der Waals surface area (Å²) in [5.41, 5.74) is 0.470. The minimum Gasteiger partial charge on any atom is -0.493 e. The molecule has 0 bridgehead atoms. The first-order valence-corrected chi connectivity index (χ1v) is 6.57. The van der Waals surface area contributed by atoms with E-state index >= 15 is 0 Å². The molecular formula is C15H19NO4. The number of ether oxygens (including phenoxy) is 3. The van der Waals surface area contributed by atoms with E-state index in [4.69, 9.17) is 19.5 Å². The zero-order valence-corrected chi connectivity index (χ0v) is 12.0. The molecule has 0 aliphatic heterocycles. The molecule has 0 spiro atoms. The number of nitriles is 1. The number of carbonyl (C=O) groups excluding carboxylic acids is 1. The van der Waals surface area contributed by atoms with Crippen molar-refractivity contribution in [2.45, 2.75) is 32.8 Å². The van der Waals surface area contributed by atoms with E-state index in [0.717, 1.165) is 6.42 Å². The van der Waals surface area contributed by atoms with Crippen LogP contribution in [0.5, 0.6) is 11.5 Å². The normalized spacial score (nSPS) is 11.3. The van der Waals surface area contributed by atoms with Crippen molar-refractivity contribution in [2.75, 3.05) is 13.7 Å². The van der Waals surface area contributed by atoms with Crippen LogP contribution in [0, 0.1) is 11.3 Å². The lowest BCUT2D eigenvalue weighted by Gasteiger charge is -2.18. The monoisotopic (exact) mass is 277 g/mol. The Morgan fingerprint density at radius 1 is 1.35 bits per heavy atom. The van der Waals surface area contributed by atoms with E-state index in [0.29, 0.717) is 30.1 Å². The van der Waals surface area contributed by atoms with Crippen LogP contribution in [0.1, 0.15) is 32.3 Å². The van der Waals surface area contributed by atoms with Crippen molar-refractivity contribution in [3.05, 3.63) is 23.8 Å². The summed E-state index contributed by atoms with van der Waals surface area (Å²) in [6, 6.07) is 6.84. The molecule has 20 heavy (non-hydrogen) atoms. The average Bonchev–Trinajstić information content (AvgIpc) is 2.47. The summed E-state index contributed by atoms with van der Waals surface area (Å²) in [6.45, 7) is 4.03. The highest BCUT2D eigenvalue weighted by Crippen LogP contribution is 2.29. The van der Waals surface area contributed by atoms with Gasteiger partial charge in [0, 0.05) is 6.07 Å². The van der Waals surface area contributed by atoms with Crippen LogP contribution in [0.15, 0.2) is 18.2 Å². The van der Waals surface area contributed by atoms with Gasteiger partial charge in [-0.1, -0.05) is 13.3 Å². The molecule has 0 aliphatic carbocycles. The third-order valence-corrected chi connectivity index (χ3v) is 2.66. The highest BCUT2D eigenvalue weighted by Gasteiger charge is 2.22. The van der Waals surface area contributed by atoms with Gasteiger partial charge in [-0.05, 0) is 25.5 Å². The standard InChI is InChI=1S/C15H19NO4/c1-4-6-13(15(17)19-5-2)20-12-8-7-11(10-16)9-14(12)18-3/h7-9,13H,4-6H2,1-3H3. The number of benzene rings is 1. The zero-order chi connectivity index (χ0) is 15.0. The number of esters is 1. The molecule has 5 nitrogen and oxygen atoms in total. The predicted octanol–water partition coefficient (Wildman–Crippen LogP) is 2.68. The minimum absolute atomic E-state index is 0.312. The topological polar surface area (TPSA) is 68.5 Å². The molecule has 1 aromatic rings. The van der Waals surface area contributed by atoms with Crippen molar-refractivity contribution in [2.24, 2.45) is 0 Å². The smallest absolute Gasteiger partial charge is 0.347 e. The fraction of sp³-hybridized carbons (Fsp3) is 0.467. The number of carbonyl (C=O) groups is 1. The van der Waals surface area contributed by atoms with Crippen LogP contribution in [0.4, 0.5) is 0 Å². The van der Waals surface area contributed by atoms with Crippen LogP contribution in [0.3, 0.4) is 0 Å². The Hall–Kier alpha value is -2.22. The van der Waals surface area contributed by atoms with Crippen LogP contribution in [0.2, 0.25) is 0 Å². The van der Waals surface area contributed by atoms with Gasteiger partial charge in [0.1, 0.15) is 0 Å². The van der Waals surface area contributed by atoms with Gasteiger partial charge in [-0.3, -0.25) is 0 Å². The maximum Gasteiger partial charge on any atom is 0.347 e. The maximum absolute atomic E-state index is 11.8.